The van der Waals surface area contributed by atoms with Gasteiger partial charge in [0.15, 0.2) is 0 Å². The van der Waals surface area contributed by atoms with Crippen LogP contribution in [0.4, 0.5) is 0 Å². The average Bonchev–Trinajstić information content (AvgIpc) is 2.03. The van der Waals surface area contributed by atoms with Gasteiger partial charge in [0.05, 0.1) is 5.57 Å². The first-order valence-electron chi connectivity index (χ1n) is 3.56. The number of alkyl halides is 1. The van der Waals surface area contributed by atoms with Crippen molar-refractivity contribution in [3.05, 3.63) is 11.8 Å². The summed E-state index contributed by atoms with van der Waals surface area (Å²) in [5.74, 6) is -0.837. The minimum atomic E-state index is -0.837. The van der Waals surface area contributed by atoms with Gasteiger partial charge in [0.2, 0.25) is 0 Å². The summed E-state index contributed by atoms with van der Waals surface area (Å²) in [7, 11) is 3.61. The van der Waals surface area contributed by atoms with Crippen LogP contribution in [0.15, 0.2) is 11.8 Å². The number of aliphatic carboxylic acids is 1. The predicted molar refractivity (Wildman–Crippen MR) is 51.5 cm³/mol. The summed E-state index contributed by atoms with van der Waals surface area (Å²) < 4.78 is 0. The van der Waals surface area contributed by atoms with Gasteiger partial charge in [0.1, 0.15) is 0 Å². The number of hydrogen-bond donors (Lipinski definition) is 1. The average molecular weight is 194 g/mol. The number of hydrogen-bond acceptors (Lipinski definition) is 2. The molecule has 0 aliphatic heterocycles. The van der Waals surface area contributed by atoms with Gasteiger partial charge in [-0.25, -0.2) is 4.79 Å². The van der Waals surface area contributed by atoms with Gasteiger partial charge in [-0.1, -0.05) is 6.92 Å². The van der Waals surface area contributed by atoms with Crippen LogP contribution in [0.5, 0.6) is 0 Å². The lowest BCUT2D eigenvalue weighted by molar-refractivity contribution is -0.132. The topological polar surface area (TPSA) is 40.5 Å². The van der Waals surface area contributed by atoms with Crippen molar-refractivity contribution in [2.24, 2.45) is 0 Å². The fourth-order valence-electron chi connectivity index (χ4n) is 0.609. The van der Waals surface area contributed by atoms with E-state index in [1.54, 1.807) is 25.2 Å². The number of carbonyl (C=O) groups is 1. The van der Waals surface area contributed by atoms with Crippen molar-refractivity contribution < 1.29 is 9.90 Å². The first kappa shape index (κ1) is 13.9. The second-order valence-corrected chi connectivity index (χ2v) is 2.28. The Bertz CT molecular complexity index is 155. The largest absolute Gasteiger partial charge is 0.478 e. The van der Waals surface area contributed by atoms with Gasteiger partial charge in [0.25, 0.3) is 0 Å². The molecule has 0 aromatic rings. The molecule has 0 heterocycles. The molecule has 4 heteroatoms. The number of carboxylic acids is 1. The molecule has 3 nitrogen and oxygen atoms in total. The zero-order chi connectivity index (χ0) is 10.1. The molecule has 0 rings (SSSR count). The molecule has 0 unspecified atom stereocenters. The van der Waals surface area contributed by atoms with Crippen LogP contribution in [0.3, 0.4) is 0 Å². The van der Waals surface area contributed by atoms with E-state index in [9.17, 15) is 4.79 Å². The van der Waals surface area contributed by atoms with Gasteiger partial charge in [-0.05, 0) is 6.42 Å². The summed E-state index contributed by atoms with van der Waals surface area (Å²) in [6.45, 7) is 1.82. The van der Waals surface area contributed by atoms with E-state index in [2.05, 4.69) is 11.6 Å². The molecular formula is C8H16ClNO2. The molecule has 0 spiro atoms. The lowest BCUT2D eigenvalue weighted by atomic mass is 10.2. The lowest BCUT2D eigenvalue weighted by Gasteiger charge is -2.05. The highest BCUT2D eigenvalue weighted by atomic mass is 35.5. The Hall–Kier alpha value is -0.700. The maximum atomic E-state index is 10.4. The Labute approximate surface area is 78.6 Å². The van der Waals surface area contributed by atoms with Crippen molar-refractivity contribution in [3.63, 3.8) is 0 Å². The van der Waals surface area contributed by atoms with Gasteiger partial charge in [-0.3, -0.25) is 0 Å². The minimum absolute atomic E-state index is 0.435. The molecule has 72 valence electrons. The Morgan fingerprint density at radius 3 is 2.00 bits per heavy atom. The second-order valence-electron chi connectivity index (χ2n) is 2.28. The van der Waals surface area contributed by atoms with Crippen LogP contribution in [0, 0.1) is 0 Å². The Morgan fingerprint density at radius 1 is 1.50 bits per heavy atom. The van der Waals surface area contributed by atoms with Crippen LogP contribution in [0.1, 0.15) is 13.3 Å². The molecule has 0 aromatic carbocycles. The molecular weight excluding hydrogens is 178 g/mol. The Kier molecular flexibility index (Phi) is 9.70. The number of nitrogens with zero attached hydrogens (tertiary/aromatic N) is 1. The molecule has 1 N–H and O–H groups in total. The number of halogens is 1. The van der Waals surface area contributed by atoms with Gasteiger partial charge < -0.3 is 10.0 Å². The van der Waals surface area contributed by atoms with Crippen LogP contribution in [0.25, 0.3) is 0 Å². The van der Waals surface area contributed by atoms with E-state index in [0.717, 1.165) is 0 Å². The molecule has 0 fully saturated rings. The van der Waals surface area contributed by atoms with Crippen LogP contribution < -0.4 is 0 Å². The van der Waals surface area contributed by atoms with Crippen molar-refractivity contribution in [1.82, 2.24) is 4.90 Å². The normalized spacial score (nSPS) is 9.92. The highest BCUT2D eigenvalue weighted by molar-refractivity contribution is 6.15. The van der Waals surface area contributed by atoms with E-state index < -0.39 is 5.97 Å². The minimum Gasteiger partial charge on any atom is -0.478 e. The fraction of sp³-hybridized carbons (Fsp3) is 0.625. The third-order valence-corrected chi connectivity index (χ3v) is 1.07. The summed E-state index contributed by atoms with van der Waals surface area (Å²) in [5, 5.41) is 8.53. The Morgan fingerprint density at radius 2 is 1.92 bits per heavy atom. The smallest absolute Gasteiger partial charge is 0.333 e. The van der Waals surface area contributed by atoms with E-state index in [-0.39, 0.29) is 0 Å². The SMILES string of the molecule is CCC(=CN(C)C)C(=O)O.CCl. The lowest BCUT2D eigenvalue weighted by Crippen LogP contribution is -2.07. The zero-order valence-corrected chi connectivity index (χ0v) is 8.72. The van der Waals surface area contributed by atoms with E-state index >= 15 is 0 Å². The Balaban J connectivity index is 0. The second kappa shape index (κ2) is 8.40. The quantitative estimate of drug-likeness (QED) is 0.549. The molecule has 0 aromatic heterocycles. The van der Waals surface area contributed by atoms with Crippen molar-refractivity contribution in [2.75, 3.05) is 20.5 Å². The molecule has 0 saturated carbocycles. The van der Waals surface area contributed by atoms with E-state index in [4.69, 9.17) is 5.11 Å². The van der Waals surface area contributed by atoms with Crippen molar-refractivity contribution in [2.45, 2.75) is 13.3 Å². The molecule has 0 aliphatic carbocycles. The van der Waals surface area contributed by atoms with Gasteiger partial charge in [0, 0.05) is 26.7 Å². The summed E-state index contributed by atoms with van der Waals surface area (Å²) in [4.78, 5) is 12.1. The van der Waals surface area contributed by atoms with Crippen molar-refractivity contribution in [3.8, 4) is 0 Å². The van der Waals surface area contributed by atoms with Crippen LogP contribution in [0.2, 0.25) is 0 Å². The summed E-state index contributed by atoms with van der Waals surface area (Å²) >= 11 is 4.64. The zero-order valence-electron chi connectivity index (χ0n) is 7.97. The molecule has 12 heavy (non-hydrogen) atoms. The van der Waals surface area contributed by atoms with Gasteiger partial charge in [-0.15, -0.1) is 11.6 Å². The van der Waals surface area contributed by atoms with Crippen LogP contribution >= 0.6 is 11.6 Å². The first-order chi connectivity index (χ1) is 5.57. The van der Waals surface area contributed by atoms with Crippen molar-refractivity contribution in [1.29, 1.82) is 0 Å². The summed E-state index contributed by atoms with van der Waals surface area (Å²) in [5.41, 5.74) is 0.435. The molecule has 0 bridgehead atoms. The van der Waals surface area contributed by atoms with E-state index in [1.165, 1.54) is 6.38 Å². The fourth-order valence-corrected chi connectivity index (χ4v) is 0.609. The maximum absolute atomic E-state index is 10.4. The summed E-state index contributed by atoms with van der Waals surface area (Å²) in [6.07, 6.45) is 3.65. The molecule has 0 atom stereocenters. The van der Waals surface area contributed by atoms with Gasteiger partial charge in [-0.2, -0.15) is 0 Å². The third kappa shape index (κ3) is 7.41. The van der Waals surface area contributed by atoms with E-state index in [0.29, 0.717) is 12.0 Å². The highest BCUT2D eigenvalue weighted by Gasteiger charge is 2.02. The first-order valence-corrected chi connectivity index (χ1v) is 4.31. The molecule has 0 aliphatic rings. The standard InChI is InChI=1S/C7H13NO2.CH3Cl/c1-4-6(7(9)10)5-8(2)3;1-2/h5H,4H2,1-3H3,(H,9,10);1H3. The monoisotopic (exact) mass is 193 g/mol. The molecule has 0 radical (unpaired) electrons. The highest BCUT2D eigenvalue weighted by Crippen LogP contribution is 2.00. The number of rotatable bonds is 3. The summed E-state index contributed by atoms with van der Waals surface area (Å²) in [6, 6.07) is 0. The third-order valence-electron chi connectivity index (χ3n) is 1.07. The van der Waals surface area contributed by atoms with Crippen LogP contribution in [-0.4, -0.2) is 36.5 Å². The number of carboxylic acid groups (broad SMARTS) is 1. The van der Waals surface area contributed by atoms with E-state index in [1.807, 2.05) is 6.92 Å². The molecule has 0 saturated heterocycles. The predicted octanol–water partition coefficient (Wildman–Crippen LogP) is 1.78. The van der Waals surface area contributed by atoms with Crippen LogP contribution in [-0.2, 0) is 4.79 Å². The molecule has 0 amide bonds. The maximum Gasteiger partial charge on any atom is 0.333 e. The van der Waals surface area contributed by atoms with Gasteiger partial charge >= 0.3 is 5.97 Å². The van der Waals surface area contributed by atoms with Crippen molar-refractivity contribution >= 4 is 17.6 Å².